The van der Waals surface area contributed by atoms with Crippen molar-refractivity contribution in [3.05, 3.63) is 33.8 Å². The molecule has 6 heteroatoms. The molecule has 1 fully saturated rings. The fraction of sp³-hybridized carbons (Fsp3) is 0.462. The number of nitrogens with zero attached hydrogens (tertiary/aromatic N) is 1. The van der Waals surface area contributed by atoms with Gasteiger partial charge in [-0.25, -0.2) is 0 Å². The lowest BCUT2D eigenvalue weighted by Crippen LogP contribution is -2.40. The van der Waals surface area contributed by atoms with Gasteiger partial charge in [0, 0.05) is 16.6 Å². The molecular formula is C13H15Cl2NO3. The molecule has 2 atom stereocenters. The number of carbonyl (C=O) groups excluding carboxylic acids is 1. The Balaban J connectivity index is 2.18. The summed E-state index contributed by atoms with van der Waals surface area (Å²) in [7, 11) is 0. The van der Waals surface area contributed by atoms with Crippen LogP contribution in [0, 0.1) is 0 Å². The molecule has 4 nitrogen and oxygen atoms in total. The lowest BCUT2D eigenvalue weighted by atomic mass is 10.1. The van der Waals surface area contributed by atoms with Crippen LogP contribution in [0.15, 0.2) is 18.2 Å². The minimum atomic E-state index is -1.30. The van der Waals surface area contributed by atoms with E-state index in [0.717, 1.165) is 12.8 Å². The summed E-state index contributed by atoms with van der Waals surface area (Å²) in [4.78, 5) is 13.7. The highest BCUT2D eigenvalue weighted by atomic mass is 35.5. The molecule has 0 radical (unpaired) electrons. The maximum Gasteiger partial charge on any atom is 0.256 e. The molecule has 1 aromatic carbocycles. The van der Waals surface area contributed by atoms with Crippen LogP contribution in [-0.4, -0.2) is 40.2 Å². The SMILES string of the molecule is O=C([C@@H](O)c1cc(Cl)cc(Cl)c1)N1CCC[C@H]1CO. The first-order chi connectivity index (χ1) is 9.02. The van der Waals surface area contributed by atoms with Gasteiger partial charge in [-0.1, -0.05) is 23.2 Å². The van der Waals surface area contributed by atoms with E-state index in [1.165, 1.54) is 23.1 Å². The van der Waals surface area contributed by atoms with Gasteiger partial charge in [0.2, 0.25) is 0 Å². The van der Waals surface area contributed by atoms with Crippen molar-refractivity contribution in [2.45, 2.75) is 25.0 Å². The summed E-state index contributed by atoms with van der Waals surface area (Å²) in [6.07, 6.45) is 0.286. The molecule has 0 unspecified atom stereocenters. The first-order valence-corrected chi connectivity index (χ1v) is 6.84. The van der Waals surface area contributed by atoms with E-state index in [2.05, 4.69) is 0 Å². The van der Waals surface area contributed by atoms with E-state index in [9.17, 15) is 15.0 Å². The number of hydrogen-bond donors (Lipinski definition) is 2. The number of amides is 1. The van der Waals surface area contributed by atoms with Gasteiger partial charge in [0.25, 0.3) is 5.91 Å². The lowest BCUT2D eigenvalue weighted by Gasteiger charge is -2.25. The van der Waals surface area contributed by atoms with Gasteiger partial charge in [-0.3, -0.25) is 4.79 Å². The molecule has 2 N–H and O–H groups in total. The third kappa shape index (κ3) is 3.20. The molecule has 1 aliphatic rings. The molecule has 2 rings (SSSR count). The third-order valence-corrected chi connectivity index (χ3v) is 3.74. The molecule has 0 saturated carbocycles. The van der Waals surface area contributed by atoms with E-state index in [0.29, 0.717) is 22.2 Å². The van der Waals surface area contributed by atoms with Crippen molar-refractivity contribution in [2.24, 2.45) is 0 Å². The van der Waals surface area contributed by atoms with E-state index in [4.69, 9.17) is 23.2 Å². The number of halogens is 2. The van der Waals surface area contributed by atoms with Crippen LogP contribution in [0.2, 0.25) is 10.0 Å². The second kappa shape index (κ2) is 6.09. The quantitative estimate of drug-likeness (QED) is 0.898. The summed E-state index contributed by atoms with van der Waals surface area (Å²) in [6, 6.07) is 4.35. The van der Waals surface area contributed by atoms with Gasteiger partial charge in [0.15, 0.2) is 6.10 Å². The monoisotopic (exact) mass is 303 g/mol. The van der Waals surface area contributed by atoms with Crippen LogP contribution in [0.1, 0.15) is 24.5 Å². The zero-order valence-electron chi connectivity index (χ0n) is 10.2. The second-order valence-electron chi connectivity index (χ2n) is 4.62. The van der Waals surface area contributed by atoms with Crippen LogP contribution >= 0.6 is 23.2 Å². The molecule has 1 amide bonds. The largest absolute Gasteiger partial charge is 0.394 e. The highest BCUT2D eigenvalue weighted by Crippen LogP contribution is 2.27. The van der Waals surface area contributed by atoms with Crippen molar-refractivity contribution in [3.63, 3.8) is 0 Å². The molecule has 0 aromatic heterocycles. The third-order valence-electron chi connectivity index (χ3n) is 3.31. The van der Waals surface area contributed by atoms with Crippen molar-refractivity contribution in [3.8, 4) is 0 Å². The summed E-state index contributed by atoms with van der Waals surface area (Å²) in [5, 5.41) is 20.1. The lowest BCUT2D eigenvalue weighted by molar-refractivity contribution is -0.142. The van der Waals surface area contributed by atoms with E-state index in [1.54, 1.807) is 0 Å². The van der Waals surface area contributed by atoms with Crippen molar-refractivity contribution in [2.75, 3.05) is 13.2 Å². The molecule has 1 heterocycles. The molecule has 0 spiro atoms. The highest BCUT2D eigenvalue weighted by molar-refractivity contribution is 6.34. The first kappa shape index (κ1) is 14.6. The van der Waals surface area contributed by atoms with Crippen molar-refractivity contribution in [1.29, 1.82) is 0 Å². The fourth-order valence-corrected chi connectivity index (χ4v) is 2.89. The Bertz CT molecular complexity index is 461. The maximum absolute atomic E-state index is 12.2. The molecule has 104 valence electrons. The van der Waals surface area contributed by atoms with Crippen LogP contribution in [0.5, 0.6) is 0 Å². The molecule has 0 bridgehead atoms. The van der Waals surface area contributed by atoms with E-state index in [1.807, 2.05) is 0 Å². The van der Waals surface area contributed by atoms with Crippen molar-refractivity contribution >= 4 is 29.1 Å². The fourth-order valence-electron chi connectivity index (χ4n) is 2.35. The van der Waals surface area contributed by atoms with Crippen molar-refractivity contribution < 1.29 is 15.0 Å². The summed E-state index contributed by atoms with van der Waals surface area (Å²) >= 11 is 11.7. The highest BCUT2D eigenvalue weighted by Gasteiger charge is 2.32. The minimum Gasteiger partial charge on any atom is -0.394 e. The predicted molar refractivity (Wildman–Crippen MR) is 73.2 cm³/mol. The normalized spacial score (nSPS) is 20.6. The Morgan fingerprint density at radius 3 is 2.58 bits per heavy atom. The number of aliphatic hydroxyl groups excluding tert-OH is 2. The number of benzene rings is 1. The smallest absolute Gasteiger partial charge is 0.256 e. The topological polar surface area (TPSA) is 60.8 Å². The van der Waals surface area contributed by atoms with E-state index >= 15 is 0 Å². The molecule has 1 saturated heterocycles. The second-order valence-corrected chi connectivity index (χ2v) is 5.49. The van der Waals surface area contributed by atoms with Crippen LogP contribution in [0.4, 0.5) is 0 Å². The number of rotatable bonds is 3. The van der Waals surface area contributed by atoms with Gasteiger partial charge in [-0.15, -0.1) is 0 Å². The minimum absolute atomic E-state index is 0.0885. The standard InChI is InChI=1S/C13H15Cl2NO3/c14-9-4-8(5-10(15)6-9)12(18)13(19)16-3-1-2-11(16)7-17/h4-6,11-12,17-18H,1-3,7H2/t11-,12-/m0/s1. The molecule has 0 aliphatic carbocycles. The summed E-state index contributed by atoms with van der Waals surface area (Å²) < 4.78 is 0. The van der Waals surface area contributed by atoms with E-state index < -0.39 is 12.0 Å². The molecular weight excluding hydrogens is 289 g/mol. The molecule has 1 aromatic rings. The predicted octanol–water partition coefficient (Wildman–Crippen LogP) is 2.01. The summed E-state index contributed by atoms with van der Waals surface area (Å²) in [5.41, 5.74) is 0.367. The average Bonchev–Trinajstić information content (AvgIpc) is 2.84. The zero-order valence-corrected chi connectivity index (χ0v) is 11.7. The Hall–Kier alpha value is -0.810. The van der Waals surface area contributed by atoms with Gasteiger partial charge in [-0.05, 0) is 36.6 Å². The van der Waals surface area contributed by atoms with E-state index in [-0.39, 0.29) is 12.6 Å². The first-order valence-electron chi connectivity index (χ1n) is 6.08. The van der Waals surface area contributed by atoms with Gasteiger partial charge in [0.1, 0.15) is 0 Å². The number of aliphatic hydroxyl groups is 2. The van der Waals surface area contributed by atoms with Crippen molar-refractivity contribution in [1.82, 2.24) is 4.90 Å². The Morgan fingerprint density at radius 1 is 1.37 bits per heavy atom. The van der Waals surface area contributed by atoms with Crippen LogP contribution in [0.25, 0.3) is 0 Å². The van der Waals surface area contributed by atoms with Crippen LogP contribution in [-0.2, 0) is 4.79 Å². The summed E-state index contributed by atoms with van der Waals surface area (Å²) in [5.74, 6) is -0.421. The Kier molecular flexibility index (Phi) is 4.68. The Labute approximate surface area is 121 Å². The van der Waals surface area contributed by atoms with Crippen LogP contribution < -0.4 is 0 Å². The van der Waals surface area contributed by atoms with Gasteiger partial charge >= 0.3 is 0 Å². The van der Waals surface area contributed by atoms with Gasteiger partial charge in [-0.2, -0.15) is 0 Å². The number of likely N-dealkylation sites (tertiary alicyclic amines) is 1. The molecule has 19 heavy (non-hydrogen) atoms. The van der Waals surface area contributed by atoms with Crippen LogP contribution in [0.3, 0.4) is 0 Å². The summed E-state index contributed by atoms with van der Waals surface area (Å²) in [6.45, 7) is 0.462. The Morgan fingerprint density at radius 2 is 2.00 bits per heavy atom. The average molecular weight is 304 g/mol. The van der Waals surface area contributed by atoms with Gasteiger partial charge < -0.3 is 15.1 Å². The van der Waals surface area contributed by atoms with Gasteiger partial charge in [0.05, 0.1) is 12.6 Å². The molecule has 1 aliphatic heterocycles. The maximum atomic E-state index is 12.2. The number of hydrogen-bond acceptors (Lipinski definition) is 3. The number of carbonyl (C=O) groups is 1. The zero-order chi connectivity index (χ0) is 14.0.